The highest BCUT2D eigenvalue weighted by atomic mass is 35.5. The average Bonchev–Trinajstić information content (AvgIpc) is 2.79. The van der Waals surface area contributed by atoms with Gasteiger partial charge in [0, 0.05) is 5.69 Å². The molecule has 23 heavy (non-hydrogen) atoms. The quantitative estimate of drug-likeness (QED) is 0.851. The molecular formula is C17H14Cl2N2O2. The number of carbonyl (C=O) groups is 2. The minimum absolute atomic E-state index is 0.0794. The Morgan fingerprint density at radius 2 is 1.83 bits per heavy atom. The van der Waals surface area contributed by atoms with Crippen molar-refractivity contribution in [3.05, 3.63) is 58.1 Å². The number of halogens is 2. The van der Waals surface area contributed by atoms with E-state index in [1.54, 1.807) is 18.2 Å². The largest absolute Gasteiger partial charge is 0.373 e. The van der Waals surface area contributed by atoms with Gasteiger partial charge in [0.2, 0.25) is 5.91 Å². The third-order valence-corrected chi connectivity index (χ3v) is 4.60. The van der Waals surface area contributed by atoms with Gasteiger partial charge in [-0.1, -0.05) is 47.5 Å². The number of aryl methyl sites for hydroxylation is 1. The van der Waals surface area contributed by atoms with Crippen LogP contribution in [-0.4, -0.2) is 17.9 Å². The van der Waals surface area contributed by atoms with Crippen molar-refractivity contribution < 1.29 is 9.59 Å². The number of rotatable bonds is 3. The number of hydrogen-bond acceptors (Lipinski definition) is 3. The molecule has 118 valence electrons. The fraction of sp³-hybridized carbons (Fsp3) is 0.176. The summed E-state index contributed by atoms with van der Waals surface area (Å²) in [5.74, 6) is -0.632. The first-order valence-electron chi connectivity index (χ1n) is 7.12. The lowest BCUT2D eigenvalue weighted by molar-refractivity contribution is -0.121. The minimum atomic E-state index is -0.612. The molecule has 1 aliphatic rings. The Morgan fingerprint density at radius 1 is 1.09 bits per heavy atom. The maximum atomic E-state index is 12.6. The number of benzene rings is 2. The van der Waals surface area contributed by atoms with E-state index in [1.807, 2.05) is 31.2 Å². The standard InChI is InChI=1S/C17H14Cl2N2O2/c1-10-5-2-3-7-12(10)20-13-9-15(22)21(17(13)23)14-8-4-6-11(18)16(14)19/h2-8,13,20H,9H2,1H3. The third kappa shape index (κ3) is 2.92. The second kappa shape index (κ2) is 6.22. The topological polar surface area (TPSA) is 49.4 Å². The number of nitrogens with one attached hydrogen (secondary N) is 1. The van der Waals surface area contributed by atoms with Gasteiger partial charge in [0.1, 0.15) is 6.04 Å². The van der Waals surface area contributed by atoms with Gasteiger partial charge >= 0.3 is 0 Å². The molecule has 1 aliphatic heterocycles. The lowest BCUT2D eigenvalue weighted by Crippen LogP contribution is -2.35. The Hall–Kier alpha value is -2.04. The predicted molar refractivity (Wildman–Crippen MR) is 92.2 cm³/mol. The summed E-state index contributed by atoms with van der Waals surface area (Å²) in [5.41, 5.74) is 2.16. The van der Waals surface area contributed by atoms with Crippen LogP contribution in [0, 0.1) is 6.92 Å². The molecule has 0 spiro atoms. The highest BCUT2D eigenvalue weighted by Gasteiger charge is 2.40. The second-order valence-electron chi connectivity index (χ2n) is 5.36. The first-order valence-corrected chi connectivity index (χ1v) is 7.87. The van der Waals surface area contributed by atoms with Gasteiger partial charge in [0.05, 0.1) is 22.2 Å². The third-order valence-electron chi connectivity index (χ3n) is 3.79. The molecule has 0 aromatic heterocycles. The summed E-state index contributed by atoms with van der Waals surface area (Å²) < 4.78 is 0. The SMILES string of the molecule is Cc1ccccc1NC1CC(=O)N(c2cccc(Cl)c2Cl)C1=O. The monoisotopic (exact) mass is 348 g/mol. The summed E-state index contributed by atoms with van der Waals surface area (Å²) in [6.45, 7) is 1.94. The second-order valence-corrected chi connectivity index (χ2v) is 6.14. The summed E-state index contributed by atoms with van der Waals surface area (Å²) in [5, 5.41) is 3.64. The number of hydrogen-bond donors (Lipinski definition) is 1. The zero-order valence-electron chi connectivity index (χ0n) is 12.3. The van der Waals surface area contributed by atoms with Gasteiger partial charge in [-0.15, -0.1) is 0 Å². The molecule has 6 heteroatoms. The fourth-order valence-electron chi connectivity index (χ4n) is 2.59. The van der Waals surface area contributed by atoms with E-state index in [9.17, 15) is 9.59 Å². The van der Waals surface area contributed by atoms with Gasteiger partial charge in [-0.25, -0.2) is 4.90 Å². The lowest BCUT2D eigenvalue weighted by atomic mass is 10.1. The van der Waals surface area contributed by atoms with Crippen LogP contribution >= 0.6 is 23.2 Å². The molecular weight excluding hydrogens is 335 g/mol. The Kier molecular flexibility index (Phi) is 4.28. The Labute approximate surface area is 144 Å². The van der Waals surface area contributed by atoms with E-state index in [-0.39, 0.29) is 23.3 Å². The molecule has 0 saturated carbocycles. The van der Waals surface area contributed by atoms with Crippen LogP contribution in [0.4, 0.5) is 11.4 Å². The molecule has 1 heterocycles. The van der Waals surface area contributed by atoms with Gasteiger partial charge in [0.15, 0.2) is 0 Å². The van der Waals surface area contributed by atoms with Gasteiger partial charge < -0.3 is 5.32 Å². The van der Waals surface area contributed by atoms with E-state index in [4.69, 9.17) is 23.2 Å². The van der Waals surface area contributed by atoms with Crippen molar-refractivity contribution in [3.8, 4) is 0 Å². The number of imide groups is 1. The first-order chi connectivity index (χ1) is 11.0. The fourth-order valence-corrected chi connectivity index (χ4v) is 2.97. The minimum Gasteiger partial charge on any atom is -0.373 e. The van der Waals surface area contributed by atoms with Gasteiger partial charge in [0.25, 0.3) is 5.91 Å². The Bertz CT molecular complexity index is 792. The molecule has 2 aromatic carbocycles. The summed E-state index contributed by atoms with van der Waals surface area (Å²) in [4.78, 5) is 26.0. The number of amides is 2. The molecule has 4 nitrogen and oxygen atoms in total. The predicted octanol–water partition coefficient (Wildman–Crippen LogP) is 4.05. The average molecular weight is 349 g/mol. The van der Waals surface area contributed by atoms with Crippen molar-refractivity contribution in [1.82, 2.24) is 0 Å². The van der Waals surface area contributed by atoms with Gasteiger partial charge in [-0.2, -0.15) is 0 Å². The molecule has 2 amide bonds. The molecule has 1 saturated heterocycles. The van der Waals surface area contributed by atoms with Crippen LogP contribution in [-0.2, 0) is 9.59 Å². The van der Waals surface area contributed by atoms with E-state index in [0.29, 0.717) is 10.7 Å². The number of nitrogens with zero attached hydrogens (tertiary/aromatic N) is 1. The molecule has 0 aliphatic carbocycles. The normalized spacial score (nSPS) is 17.7. The molecule has 0 bridgehead atoms. The molecule has 1 unspecified atom stereocenters. The van der Waals surface area contributed by atoms with E-state index in [1.165, 1.54) is 0 Å². The van der Waals surface area contributed by atoms with Crippen LogP contribution in [0.15, 0.2) is 42.5 Å². The van der Waals surface area contributed by atoms with Crippen molar-refractivity contribution in [3.63, 3.8) is 0 Å². The lowest BCUT2D eigenvalue weighted by Gasteiger charge is -2.18. The highest BCUT2D eigenvalue weighted by molar-refractivity contribution is 6.45. The zero-order valence-corrected chi connectivity index (χ0v) is 13.9. The molecule has 3 rings (SSSR count). The van der Waals surface area contributed by atoms with Crippen LogP contribution in [0.1, 0.15) is 12.0 Å². The number of carbonyl (C=O) groups excluding carboxylic acids is 2. The summed E-state index contributed by atoms with van der Waals surface area (Å²) in [6.07, 6.45) is 0.0794. The van der Waals surface area contributed by atoms with Crippen LogP contribution in [0.2, 0.25) is 10.0 Å². The zero-order chi connectivity index (χ0) is 16.6. The van der Waals surface area contributed by atoms with Crippen LogP contribution in [0.3, 0.4) is 0 Å². The maximum absolute atomic E-state index is 12.6. The molecule has 2 aromatic rings. The van der Waals surface area contributed by atoms with Crippen LogP contribution < -0.4 is 10.2 Å². The molecule has 1 atom stereocenters. The van der Waals surface area contributed by atoms with Crippen molar-refractivity contribution in [2.75, 3.05) is 10.2 Å². The Morgan fingerprint density at radius 3 is 2.57 bits per heavy atom. The van der Waals surface area contributed by atoms with Gasteiger partial charge in [-0.3, -0.25) is 9.59 Å². The Balaban J connectivity index is 1.89. The van der Waals surface area contributed by atoms with Gasteiger partial charge in [-0.05, 0) is 30.7 Å². The van der Waals surface area contributed by atoms with Crippen LogP contribution in [0.25, 0.3) is 0 Å². The summed E-state index contributed by atoms with van der Waals surface area (Å²) >= 11 is 12.1. The first kappa shape index (κ1) is 15.8. The highest BCUT2D eigenvalue weighted by Crippen LogP contribution is 2.35. The molecule has 1 fully saturated rings. The van der Waals surface area contributed by atoms with Crippen molar-refractivity contribution in [2.24, 2.45) is 0 Å². The van der Waals surface area contributed by atoms with E-state index in [0.717, 1.165) is 16.2 Å². The number of para-hydroxylation sites is 1. The van der Waals surface area contributed by atoms with E-state index in [2.05, 4.69) is 5.32 Å². The van der Waals surface area contributed by atoms with Crippen LogP contribution in [0.5, 0.6) is 0 Å². The molecule has 0 radical (unpaired) electrons. The van der Waals surface area contributed by atoms with Crippen molar-refractivity contribution >= 4 is 46.4 Å². The van der Waals surface area contributed by atoms with E-state index >= 15 is 0 Å². The van der Waals surface area contributed by atoms with Crippen molar-refractivity contribution in [1.29, 1.82) is 0 Å². The smallest absolute Gasteiger partial charge is 0.256 e. The summed E-state index contributed by atoms with van der Waals surface area (Å²) in [6, 6.07) is 11.9. The number of anilines is 2. The van der Waals surface area contributed by atoms with Crippen molar-refractivity contribution in [2.45, 2.75) is 19.4 Å². The molecule has 1 N–H and O–H groups in total. The maximum Gasteiger partial charge on any atom is 0.256 e. The van der Waals surface area contributed by atoms with E-state index < -0.39 is 6.04 Å². The summed E-state index contributed by atoms with van der Waals surface area (Å²) in [7, 11) is 0.